The Balaban J connectivity index is 2.23. The van der Waals surface area contributed by atoms with Crippen molar-refractivity contribution in [2.45, 2.75) is 179 Å². The molecule has 0 radical (unpaired) electrons. The molecule has 0 saturated carbocycles. The Morgan fingerprint density at radius 1 is 0.887 bits per heavy atom. The number of methoxy groups -OCH3 is 2. The standard InChI is InChI=1S/C38H67NO14/c1-14-26-38(10,46)31(43)21(4)28(41)19(2)16-37(9,48-13)33(53-35-29(42)25(39(11)18-40)15-20(3)49-35)22(5)30(23(6)34(45)51-26)52-27-17-36(8,47-12)32(44)24(7)50-27/h18-27,29-33,35,42-44,46H,14-17H2,1-13H3/t19-,20-,21+,22-,23-,24+,25+,26-,27+,29-,30+,31+,32+,33-,35+,36-,37-,38-/m1/s1. The molecule has 0 aromatic carbocycles. The Morgan fingerprint density at radius 2 is 1.49 bits per heavy atom. The van der Waals surface area contributed by atoms with Gasteiger partial charge in [0.1, 0.15) is 29.7 Å². The van der Waals surface area contributed by atoms with Gasteiger partial charge in [0.25, 0.3) is 0 Å². The fourth-order valence-corrected chi connectivity index (χ4v) is 8.55. The molecule has 0 bridgehead atoms. The van der Waals surface area contributed by atoms with Crippen molar-refractivity contribution in [3.05, 3.63) is 0 Å². The molecule has 3 fully saturated rings. The van der Waals surface area contributed by atoms with E-state index in [4.69, 9.17) is 33.2 Å². The molecule has 15 heteroatoms. The van der Waals surface area contributed by atoms with Crippen LogP contribution in [-0.2, 0) is 47.5 Å². The largest absolute Gasteiger partial charge is 0.459 e. The monoisotopic (exact) mass is 761 g/mol. The molecule has 0 unspecified atom stereocenters. The summed E-state index contributed by atoms with van der Waals surface area (Å²) in [5, 5.41) is 45.5. The van der Waals surface area contributed by atoms with Gasteiger partial charge in [0.15, 0.2) is 12.6 Å². The number of likely N-dealkylation sites (N-methyl/N-ethyl adjacent to an activating group) is 1. The van der Waals surface area contributed by atoms with Crippen molar-refractivity contribution in [2.24, 2.45) is 23.7 Å². The number of esters is 1. The van der Waals surface area contributed by atoms with Crippen molar-refractivity contribution in [1.82, 2.24) is 4.90 Å². The number of ether oxygens (including phenoxy) is 7. The van der Waals surface area contributed by atoms with E-state index in [0.717, 1.165) is 0 Å². The predicted octanol–water partition coefficient (Wildman–Crippen LogP) is 1.97. The third-order valence-electron chi connectivity index (χ3n) is 12.3. The topological polar surface area (TPSA) is 200 Å². The van der Waals surface area contributed by atoms with Crippen LogP contribution in [-0.4, -0.2) is 149 Å². The summed E-state index contributed by atoms with van der Waals surface area (Å²) >= 11 is 0. The molecule has 3 saturated heterocycles. The van der Waals surface area contributed by atoms with Crippen molar-refractivity contribution in [2.75, 3.05) is 21.3 Å². The lowest BCUT2D eigenvalue weighted by Gasteiger charge is -2.49. The van der Waals surface area contributed by atoms with Gasteiger partial charge in [-0.2, -0.15) is 0 Å². The number of nitrogens with zero attached hydrogens (tertiary/aromatic N) is 1. The highest BCUT2D eigenvalue weighted by Gasteiger charge is 2.54. The third kappa shape index (κ3) is 9.61. The number of carbonyl (C=O) groups excluding carboxylic acids is 3. The molecule has 0 aromatic heterocycles. The second kappa shape index (κ2) is 18.0. The van der Waals surface area contributed by atoms with E-state index in [-0.39, 0.29) is 25.0 Å². The fourth-order valence-electron chi connectivity index (χ4n) is 8.55. The zero-order chi connectivity index (χ0) is 40.4. The van der Waals surface area contributed by atoms with Crippen LogP contribution in [0.5, 0.6) is 0 Å². The number of amides is 1. The minimum atomic E-state index is -1.99. The molecule has 3 aliphatic heterocycles. The van der Waals surface area contributed by atoms with E-state index in [2.05, 4.69) is 0 Å². The first-order valence-electron chi connectivity index (χ1n) is 18.9. The first kappa shape index (κ1) is 45.6. The fraction of sp³-hybridized carbons (Fsp3) is 0.921. The highest BCUT2D eigenvalue weighted by Crippen LogP contribution is 2.41. The molecular weight excluding hydrogens is 694 g/mol. The number of carbonyl (C=O) groups is 3. The summed E-state index contributed by atoms with van der Waals surface area (Å²) in [5.74, 6) is -4.74. The molecule has 3 rings (SSSR count). The Hall–Kier alpha value is -1.79. The lowest BCUT2D eigenvalue weighted by atomic mass is 9.74. The lowest BCUT2D eigenvalue weighted by Crippen LogP contribution is -2.61. The molecule has 53 heavy (non-hydrogen) atoms. The maximum atomic E-state index is 14.2. The van der Waals surface area contributed by atoms with Crippen LogP contribution in [0.3, 0.4) is 0 Å². The van der Waals surface area contributed by atoms with Crippen LogP contribution in [0.4, 0.5) is 0 Å². The zero-order valence-corrected chi connectivity index (χ0v) is 33.9. The number of ketones is 1. The van der Waals surface area contributed by atoms with E-state index in [9.17, 15) is 34.8 Å². The summed E-state index contributed by atoms with van der Waals surface area (Å²) in [6, 6.07) is -0.637. The Bertz CT molecular complexity index is 1240. The summed E-state index contributed by atoms with van der Waals surface area (Å²) in [4.78, 5) is 41.3. The van der Waals surface area contributed by atoms with Gasteiger partial charge in [-0.1, -0.05) is 27.7 Å². The van der Waals surface area contributed by atoms with Crippen LogP contribution < -0.4 is 0 Å². The molecule has 15 nitrogen and oxygen atoms in total. The summed E-state index contributed by atoms with van der Waals surface area (Å²) in [7, 11) is 4.51. The quantitative estimate of drug-likeness (QED) is 0.196. The van der Waals surface area contributed by atoms with Crippen molar-refractivity contribution in [3.8, 4) is 0 Å². The van der Waals surface area contributed by atoms with Crippen LogP contribution in [0.15, 0.2) is 0 Å². The third-order valence-corrected chi connectivity index (χ3v) is 12.3. The SMILES string of the molecule is CC[C@H]1OC(=O)[C@H](C)[C@@H](O[C@H]2C[C@@](C)(OC)[C@@H](O)[C@H](C)O2)[C@@H](C)[C@@H](O[C@@H]2O[C@H](C)C[C@H](N(C)C=O)[C@H]2O)[C@](C)(OC)C[C@@H](C)C(=O)[C@H](C)[C@H](O)[C@]1(C)O. The molecule has 0 aliphatic carbocycles. The van der Waals surface area contributed by atoms with E-state index in [0.29, 0.717) is 12.8 Å². The number of hydrogen-bond donors (Lipinski definition) is 4. The van der Waals surface area contributed by atoms with E-state index < -0.39 is 114 Å². The molecule has 3 aliphatic rings. The van der Waals surface area contributed by atoms with E-state index in [1.807, 2.05) is 0 Å². The van der Waals surface area contributed by atoms with Gasteiger partial charge < -0.3 is 58.5 Å². The van der Waals surface area contributed by atoms with Crippen LogP contribution in [0.1, 0.15) is 94.9 Å². The van der Waals surface area contributed by atoms with Gasteiger partial charge in [-0.05, 0) is 60.8 Å². The minimum Gasteiger partial charge on any atom is -0.459 e. The Morgan fingerprint density at radius 3 is 2.04 bits per heavy atom. The molecule has 0 aromatic rings. The van der Waals surface area contributed by atoms with Gasteiger partial charge in [-0.3, -0.25) is 14.4 Å². The smallest absolute Gasteiger partial charge is 0.311 e. The maximum Gasteiger partial charge on any atom is 0.311 e. The summed E-state index contributed by atoms with van der Waals surface area (Å²) in [6.45, 7) is 16.7. The van der Waals surface area contributed by atoms with Gasteiger partial charge in [0, 0.05) is 45.4 Å². The van der Waals surface area contributed by atoms with Crippen molar-refractivity contribution in [3.63, 3.8) is 0 Å². The second-order valence-electron chi connectivity index (χ2n) is 16.4. The number of hydrogen-bond acceptors (Lipinski definition) is 14. The van der Waals surface area contributed by atoms with Gasteiger partial charge in [0.2, 0.25) is 6.41 Å². The average Bonchev–Trinajstić information content (AvgIpc) is 3.12. The normalized spacial score (nSPS) is 48.1. The molecule has 0 spiro atoms. The lowest BCUT2D eigenvalue weighted by molar-refractivity contribution is -0.319. The minimum absolute atomic E-state index is 0.0558. The van der Waals surface area contributed by atoms with Gasteiger partial charge in [-0.25, -0.2) is 0 Å². The molecule has 3 heterocycles. The number of cyclic esters (lactones) is 1. The van der Waals surface area contributed by atoms with E-state index in [1.165, 1.54) is 33.0 Å². The van der Waals surface area contributed by atoms with Crippen LogP contribution >= 0.6 is 0 Å². The second-order valence-corrected chi connectivity index (χ2v) is 16.4. The molecule has 1 amide bonds. The molecule has 18 atom stereocenters. The van der Waals surface area contributed by atoms with Crippen molar-refractivity contribution in [1.29, 1.82) is 0 Å². The number of rotatable bonds is 9. The van der Waals surface area contributed by atoms with E-state index >= 15 is 0 Å². The van der Waals surface area contributed by atoms with Gasteiger partial charge in [0.05, 0.1) is 53.7 Å². The summed E-state index contributed by atoms with van der Waals surface area (Å²) < 4.78 is 43.6. The molecular formula is C38H67NO14. The van der Waals surface area contributed by atoms with Crippen LogP contribution in [0.25, 0.3) is 0 Å². The predicted molar refractivity (Wildman–Crippen MR) is 191 cm³/mol. The number of aliphatic hydroxyl groups excluding tert-OH is 3. The summed E-state index contributed by atoms with van der Waals surface area (Å²) in [6.07, 6.45) is -9.27. The van der Waals surface area contributed by atoms with E-state index in [1.54, 1.807) is 62.4 Å². The summed E-state index contributed by atoms with van der Waals surface area (Å²) in [5.41, 5.74) is -4.37. The van der Waals surface area contributed by atoms with Crippen molar-refractivity contribution >= 4 is 18.2 Å². The van der Waals surface area contributed by atoms with Gasteiger partial charge in [-0.15, -0.1) is 0 Å². The first-order valence-corrected chi connectivity index (χ1v) is 18.9. The van der Waals surface area contributed by atoms with Crippen molar-refractivity contribution < 1.29 is 68.0 Å². The Kier molecular flexibility index (Phi) is 15.5. The zero-order valence-electron chi connectivity index (χ0n) is 33.9. The first-order chi connectivity index (χ1) is 24.5. The highest BCUT2D eigenvalue weighted by atomic mass is 16.7. The molecule has 4 N–H and O–H groups in total. The number of aliphatic hydroxyl groups is 4. The van der Waals surface area contributed by atoms with Crippen LogP contribution in [0, 0.1) is 23.7 Å². The Labute approximate surface area is 314 Å². The number of Topliss-reactive ketones (excluding diaryl/α,β-unsaturated/α-hetero) is 1. The highest BCUT2D eigenvalue weighted by molar-refractivity contribution is 5.83. The maximum absolute atomic E-state index is 14.2. The van der Waals surface area contributed by atoms with Gasteiger partial charge >= 0.3 is 5.97 Å². The van der Waals surface area contributed by atoms with Crippen LogP contribution in [0.2, 0.25) is 0 Å². The average molecular weight is 762 g/mol. The molecule has 308 valence electrons.